The number of nitrogens with one attached hydrogen (secondary N) is 1. The van der Waals surface area contributed by atoms with Crippen molar-refractivity contribution in [2.24, 2.45) is 11.8 Å². The number of rotatable bonds is 4. The van der Waals surface area contributed by atoms with E-state index in [-0.39, 0.29) is 0 Å². The maximum absolute atomic E-state index is 4.49. The number of aromatic nitrogens is 2. The minimum Gasteiger partial charge on any atom is -0.356 e. The van der Waals surface area contributed by atoms with Crippen LogP contribution in [-0.2, 0) is 6.54 Å². The Bertz CT molecular complexity index is 380. The maximum atomic E-state index is 4.49. The summed E-state index contributed by atoms with van der Waals surface area (Å²) in [7, 11) is 0. The normalized spacial score (nSPS) is 24.3. The van der Waals surface area contributed by atoms with Crippen molar-refractivity contribution in [1.29, 1.82) is 0 Å². The molecule has 1 aliphatic rings. The van der Waals surface area contributed by atoms with Gasteiger partial charge in [0.1, 0.15) is 12.1 Å². The smallest absolute Gasteiger partial charge is 0.136 e. The first-order valence-corrected chi connectivity index (χ1v) is 6.97. The van der Waals surface area contributed by atoms with Crippen LogP contribution in [0.15, 0.2) is 12.5 Å². The van der Waals surface area contributed by atoms with Gasteiger partial charge in [-0.05, 0) is 24.8 Å². The van der Waals surface area contributed by atoms with Crippen molar-refractivity contribution in [3.63, 3.8) is 0 Å². The third kappa shape index (κ3) is 2.99. The molecule has 1 aromatic heterocycles. The number of nitrogens with zero attached hydrogens (tertiary/aromatic N) is 3. The van der Waals surface area contributed by atoms with Crippen LogP contribution in [0.25, 0.3) is 0 Å². The van der Waals surface area contributed by atoms with Crippen molar-refractivity contribution >= 4 is 5.82 Å². The van der Waals surface area contributed by atoms with Crippen LogP contribution in [0, 0.1) is 11.8 Å². The molecule has 0 radical (unpaired) electrons. The fourth-order valence-electron chi connectivity index (χ4n) is 2.48. The number of hydrogen-bond donors (Lipinski definition) is 1. The Morgan fingerprint density at radius 1 is 1.39 bits per heavy atom. The summed E-state index contributed by atoms with van der Waals surface area (Å²) in [5.74, 6) is 2.67. The maximum Gasteiger partial charge on any atom is 0.136 e. The predicted octanol–water partition coefficient (Wildman–Crippen LogP) is 2.07. The SMILES string of the molecule is CCNCc1cncnc1N1CCC(C)C(C)C1. The average Bonchev–Trinajstić information content (AvgIpc) is 2.40. The molecule has 2 rings (SSSR count). The topological polar surface area (TPSA) is 41.1 Å². The molecule has 0 amide bonds. The molecule has 1 aliphatic heterocycles. The third-order valence-electron chi connectivity index (χ3n) is 3.96. The van der Waals surface area contributed by atoms with Gasteiger partial charge < -0.3 is 10.2 Å². The summed E-state index contributed by atoms with van der Waals surface area (Å²) in [5.41, 5.74) is 1.21. The fourth-order valence-corrected chi connectivity index (χ4v) is 2.48. The number of anilines is 1. The fraction of sp³-hybridized carbons (Fsp3) is 0.714. The van der Waals surface area contributed by atoms with Crippen molar-refractivity contribution in [3.05, 3.63) is 18.1 Å². The second kappa shape index (κ2) is 6.14. The second-order valence-electron chi connectivity index (χ2n) is 5.34. The van der Waals surface area contributed by atoms with Crippen molar-refractivity contribution in [2.75, 3.05) is 24.5 Å². The van der Waals surface area contributed by atoms with E-state index in [1.807, 2.05) is 6.20 Å². The van der Waals surface area contributed by atoms with Crippen LogP contribution in [0.5, 0.6) is 0 Å². The highest BCUT2D eigenvalue weighted by molar-refractivity contribution is 5.45. The predicted molar refractivity (Wildman–Crippen MR) is 74.6 cm³/mol. The Kier molecular flexibility index (Phi) is 4.53. The molecule has 2 heterocycles. The number of piperidine rings is 1. The minimum absolute atomic E-state index is 0.737. The highest BCUT2D eigenvalue weighted by Gasteiger charge is 2.24. The monoisotopic (exact) mass is 248 g/mol. The van der Waals surface area contributed by atoms with Gasteiger partial charge in [-0.2, -0.15) is 0 Å². The van der Waals surface area contributed by atoms with Gasteiger partial charge in [-0.3, -0.25) is 0 Å². The summed E-state index contributed by atoms with van der Waals surface area (Å²) in [6.45, 7) is 10.9. The van der Waals surface area contributed by atoms with E-state index in [0.29, 0.717) is 0 Å². The molecule has 0 aliphatic carbocycles. The summed E-state index contributed by atoms with van der Waals surface area (Å²) < 4.78 is 0. The van der Waals surface area contributed by atoms with Crippen LogP contribution < -0.4 is 10.2 Å². The van der Waals surface area contributed by atoms with Gasteiger partial charge in [0, 0.05) is 31.4 Å². The molecule has 0 spiro atoms. The van der Waals surface area contributed by atoms with Gasteiger partial charge in [-0.15, -0.1) is 0 Å². The highest BCUT2D eigenvalue weighted by atomic mass is 15.2. The zero-order valence-electron chi connectivity index (χ0n) is 11.7. The summed E-state index contributed by atoms with van der Waals surface area (Å²) in [6, 6.07) is 0. The lowest BCUT2D eigenvalue weighted by Gasteiger charge is -2.36. The summed E-state index contributed by atoms with van der Waals surface area (Å²) in [5, 5.41) is 3.36. The molecule has 18 heavy (non-hydrogen) atoms. The first-order valence-electron chi connectivity index (χ1n) is 6.97. The van der Waals surface area contributed by atoms with Crippen molar-refractivity contribution in [3.8, 4) is 0 Å². The molecule has 4 heteroatoms. The Hall–Kier alpha value is -1.16. The summed E-state index contributed by atoms with van der Waals surface area (Å²) >= 11 is 0. The average molecular weight is 248 g/mol. The van der Waals surface area contributed by atoms with E-state index in [0.717, 1.165) is 43.8 Å². The van der Waals surface area contributed by atoms with Gasteiger partial charge >= 0.3 is 0 Å². The highest BCUT2D eigenvalue weighted by Crippen LogP contribution is 2.27. The van der Waals surface area contributed by atoms with Crippen molar-refractivity contribution in [1.82, 2.24) is 15.3 Å². The largest absolute Gasteiger partial charge is 0.356 e. The molecule has 0 aromatic carbocycles. The van der Waals surface area contributed by atoms with Gasteiger partial charge in [0.25, 0.3) is 0 Å². The molecule has 1 saturated heterocycles. The van der Waals surface area contributed by atoms with E-state index in [2.05, 4.69) is 41.0 Å². The third-order valence-corrected chi connectivity index (χ3v) is 3.96. The molecule has 1 aromatic rings. The van der Waals surface area contributed by atoms with Crippen LogP contribution in [-0.4, -0.2) is 29.6 Å². The van der Waals surface area contributed by atoms with Gasteiger partial charge in [0.05, 0.1) is 0 Å². The molecule has 0 saturated carbocycles. The van der Waals surface area contributed by atoms with E-state index in [9.17, 15) is 0 Å². The van der Waals surface area contributed by atoms with Crippen LogP contribution >= 0.6 is 0 Å². The molecule has 100 valence electrons. The van der Waals surface area contributed by atoms with Gasteiger partial charge in [-0.25, -0.2) is 9.97 Å². The van der Waals surface area contributed by atoms with Crippen molar-refractivity contribution in [2.45, 2.75) is 33.7 Å². The first kappa shape index (κ1) is 13.3. The molecule has 2 atom stereocenters. The first-order chi connectivity index (χ1) is 8.72. The molecule has 1 N–H and O–H groups in total. The Labute approximate surface area is 110 Å². The molecule has 2 unspecified atom stereocenters. The standard InChI is InChI=1S/C14H24N4/c1-4-15-7-13-8-16-10-17-14(13)18-6-5-11(2)12(3)9-18/h8,10-12,15H,4-7,9H2,1-3H3. The van der Waals surface area contributed by atoms with Gasteiger partial charge in [0.15, 0.2) is 0 Å². The molecular formula is C14H24N4. The van der Waals surface area contributed by atoms with Crippen LogP contribution in [0.4, 0.5) is 5.82 Å². The molecule has 1 fully saturated rings. The zero-order valence-corrected chi connectivity index (χ0v) is 11.7. The van der Waals surface area contributed by atoms with Crippen LogP contribution in [0.1, 0.15) is 32.8 Å². The van der Waals surface area contributed by atoms with E-state index in [4.69, 9.17) is 0 Å². The van der Waals surface area contributed by atoms with Crippen LogP contribution in [0.2, 0.25) is 0 Å². The van der Waals surface area contributed by atoms with E-state index in [1.165, 1.54) is 12.0 Å². The summed E-state index contributed by atoms with van der Waals surface area (Å²) in [6.07, 6.45) is 4.85. The van der Waals surface area contributed by atoms with Crippen LogP contribution in [0.3, 0.4) is 0 Å². The molecule has 4 nitrogen and oxygen atoms in total. The lowest BCUT2D eigenvalue weighted by atomic mass is 9.88. The zero-order chi connectivity index (χ0) is 13.0. The molecular weight excluding hydrogens is 224 g/mol. The minimum atomic E-state index is 0.737. The van der Waals surface area contributed by atoms with Gasteiger partial charge in [-0.1, -0.05) is 20.8 Å². The quantitative estimate of drug-likeness (QED) is 0.885. The second-order valence-corrected chi connectivity index (χ2v) is 5.34. The lowest BCUT2D eigenvalue weighted by molar-refractivity contribution is 0.322. The van der Waals surface area contributed by atoms with E-state index >= 15 is 0 Å². The van der Waals surface area contributed by atoms with Crippen molar-refractivity contribution < 1.29 is 0 Å². The Morgan fingerprint density at radius 2 is 2.22 bits per heavy atom. The molecule has 0 bridgehead atoms. The Morgan fingerprint density at radius 3 is 2.94 bits per heavy atom. The van der Waals surface area contributed by atoms with Gasteiger partial charge in [0.2, 0.25) is 0 Å². The Balaban J connectivity index is 2.12. The summed E-state index contributed by atoms with van der Waals surface area (Å²) in [4.78, 5) is 11.1. The van der Waals surface area contributed by atoms with E-state index < -0.39 is 0 Å². The lowest BCUT2D eigenvalue weighted by Crippen LogP contribution is -2.39. The number of hydrogen-bond acceptors (Lipinski definition) is 4. The van der Waals surface area contributed by atoms with E-state index in [1.54, 1.807) is 6.33 Å².